The fourth-order valence-electron chi connectivity index (χ4n) is 2.88. The standard InChI is InChI=1S/C18H23N3O/c22-14-17-6-2-1-5-16(17)13-19-11-15-7-8-18(20-12-15)21-9-3-4-10-21/h1-2,5-8,12,19,22H,3-4,9-11,13-14H2. The molecule has 2 N–H and O–H groups in total. The second-order valence-electron chi connectivity index (χ2n) is 5.75. The fourth-order valence-corrected chi connectivity index (χ4v) is 2.88. The molecule has 1 aromatic heterocycles. The van der Waals surface area contributed by atoms with Gasteiger partial charge in [-0.25, -0.2) is 4.98 Å². The van der Waals surface area contributed by atoms with Crippen LogP contribution in [0.1, 0.15) is 29.5 Å². The van der Waals surface area contributed by atoms with Gasteiger partial charge in [-0.2, -0.15) is 0 Å². The van der Waals surface area contributed by atoms with Crippen molar-refractivity contribution in [3.8, 4) is 0 Å². The van der Waals surface area contributed by atoms with Crippen LogP contribution >= 0.6 is 0 Å². The van der Waals surface area contributed by atoms with Gasteiger partial charge < -0.3 is 15.3 Å². The Balaban J connectivity index is 1.53. The lowest BCUT2D eigenvalue weighted by Gasteiger charge is -2.16. The summed E-state index contributed by atoms with van der Waals surface area (Å²) in [7, 11) is 0. The highest BCUT2D eigenvalue weighted by atomic mass is 16.3. The van der Waals surface area contributed by atoms with Gasteiger partial charge in [0, 0.05) is 32.4 Å². The van der Waals surface area contributed by atoms with Crippen molar-refractivity contribution in [2.24, 2.45) is 0 Å². The van der Waals surface area contributed by atoms with Crippen LogP contribution in [0.4, 0.5) is 5.82 Å². The molecule has 22 heavy (non-hydrogen) atoms. The SMILES string of the molecule is OCc1ccccc1CNCc1ccc(N2CCCC2)nc1. The summed E-state index contributed by atoms with van der Waals surface area (Å²) in [5, 5.41) is 12.7. The summed E-state index contributed by atoms with van der Waals surface area (Å²) in [4.78, 5) is 6.91. The van der Waals surface area contributed by atoms with Crippen molar-refractivity contribution in [1.29, 1.82) is 0 Å². The molecule has 1 aromatic carbocycles. The minimum Gasteiger partial charge on any atom is -0.392 e. The van der Waals surface area contributed by atoms with E-state index in [4.69, 9.17) is 0 Å². The Labute approximate surface area is 131 Å². The van der Waals surface area contributed by atoms with Crippen molar-refractivity contribution in [3.63, 3.8) is 0 Å². The molecule has 1 saturated heterocycles. The summed E-state index contributed by atoms with van der Waals surface area (Å²) in [6.07, 6.45) is 4.50. The third-order valence-electron chi connectivity index (χ3n) is 4.17. The number of aromatic nitrogens is 1. The lowest BCUT2D eigenvalue weighted by atomic mass is 10.1. The van der Waals surface area contributed by atoms with Crippen LogP contribution in [-0.2, 0) is 19.7 Å². The third kappa shape index (κ3) is 3.64. The van der Waals surface area contributed by atoms with Gasteiger partial charge in [0.1, 0.15) is 5.82 Å². The van der Waals surface area contributed by atoms with E-state index in [0.29, 0.717) is 0 Å². The number of hydrogen-bond acceptors (Lipinski definition) is 4. The first-order chi connectivity index (χ1) is 10.9. The zero-order valence-electron chi connectivity index (χ0n) is 12.8. The van der Waals surface area contributed by atoms with Gasteiger partial charge in [0.25, 0.3) is 0 Å². The number of aliphatic hydroxyl groups excluding tert-OH is 1. The molecule has 4 nitrogen and oxygen atoms in total. The molecule has 2 heterocycles. The van der Waals surface area contributed by atoms with Crippen molar-refractivity contribution in [1.82, 2.24) is 10.3 Å². The Morgan fingerprint density at radius 3 is 2.45 bits per heavy atom. The van der Waals surface area contributed by atoms with E-state index in [2.05, 4.69) is 27.3 Å². The normalized spacial score (nSPS) is 14.5. The molecule has 0 bridgehead atoms. The molecule has 3 rings (SSSR count). The maximum Gasteiger partial charge on any atom is 0.128 e. The highest BCUT2D eigenvalue weighted by Crippen LogP contribution is 2.17. The lowest BCUT2D eigenvalue weighted by molar-refractivity contribution is 0.280. The average molecular weight is 297 g/mol. The molecule has 4 heteroatoms. The van der Waals surface area contributed by atoms with E-state index in [1.54, 1.807) is 0 Å². The van der Waals surface area contributed by atoms with Crippen LogP contribution in [-0.4, -0.2) is 23.2 Å². The van der Waals surface area contributed by atoms with Crippen LogP contribution in [0.15, 0.2) is 42.6 Å². The van der Waals surface area contributed by atoms with Crippen molar-refractivity contribution in [2.75, 3.05) is 18.0 Å². The van der Waals surface area contributed by atoms with Crippen LogP contribution in [0.25, 0.3) is 0 Å². The molecule has 0 aliphatic carbocycles. The van der Waals surface area contributed by atoms with E-state index < -0.39 is 0 Å². The van der Waals surface area contributed by atoms with Gasteiger partial charge in [-0.05, 0) is 35.6 Å². The maximum absolute atomic E-state index is 9.33. The zero-order valence-corrected chi connectivity index (χ0v) is 12.8. The average Bonchev–Trinajstić information content (AvgIpc) is 3.10. The van der Waals surface area contributed by atoms with E-state index >= 15 is 0 Å². The van der Waals surface area contributed by atoms with Crippen molar-refractivity contribution < 1.29 is 5.11 Å². The Bertz CT molecular complexity index is 592. The van der Waals surface area contributed by atoms with E-state index in [1.165, 1.54) is 18.4 Å². The molecule has 116 valence electrons. The van der Waals surface area contributed by atoms with Crippen LogP contribution in [0, 0.1) is 0 Å². The molecular weight excluding hydrogens is 274 g/mol. The van der Waals surface area contributed by atoms with E-state index in [1.807, 2.05) is 30.5 Å². The summed E-state index contributed by atoms with van der Waals surface area (Å²) in [5.41, 5.74) is 3.31. The van der Waals surface area contributed by atoms with Gasteiger partial charge in [-0.15, -0.1) is 0 Å². The number of aliphatic hydroxyl groups is 1. The van der Waals surface area contributed by atoms with Crippen LogP contribution in [0.5, 0.6) is 0 Å². The quantitative estimate of drug-likeness (QED) is 0.860. The third-order valence-corrected chi connectivity index (χ3v) is 4.17. The van der Waals surface area contributed by atoms with Gasteiger partial charge in [-0.1, -0.05) is 30.3 Å². The van der Waals surface area contributed by atoms with E-state index in [-0.39, 0.29) is 6.61 Å². The van der Waals surface area contributed by atoms with Crippen molar-refractivity contribution in [3.05, 3.63) is 59.3 Å². The Kier molecular flexibility index (Phi) is 5.03. The smallest absolute Gasteiger partial charge is 0.128 e. The molecule has 1 aliphatic rings. The first-order valence-corrected chi connectivity index (χ1v) is 7.95. The molecular formula is C18H23N3O. The van der Waals surface area contributed by atoms with E-state index in [9.17, 15) is 5.11 Å². The number of anilines is 1. The van der Waals surface area contributed by atoms with Crippen LogP contribution in [0.2, 0.25) is 0 Å². The second kappa shape index (κ2) is 7.38. The minimum absolute atomic E-state index is 0.0872. The van der Waals surface area contributed by atoms with Gasteiger partial charge >= 0.3 is 0 Å². The van der Waals surface area contributed by atoms with E-state index in [0.717, 1.165) is 43.1 Å². The van der Waals surface area contributed by atoms with Crippen molar-refractivity contribution >= 4 is 5.82 Å². The number of nitrogens with one attached hydrogen (secondary N) is 1. The monoisotopic (exact) mass is 297 g/mol. The summed E-state index contributed by atoms with van der Waals surface area (Å²) in [6, 6.07) is 12.2. The number of nitrogens with zero attached hydrogens (tertiary/aromatic N) is 2. The molecule has 1 fully saturated rings. The molecule has 0 atom stereocenters. The first-order valence-electron chi connectivity index (χ1n) is 7.95. The van der Waals surface area contributed by atoms with Crippen molar-refractivity contribution in [2.45, 2.75) is 32.5 Å². The highest BCUT2D eigenvalue weighted by molar-refractivity contribution is 5.40. The van der Waals surface area contributed by atoms with Crippen LogP contribution < -0.4 is 10.2 Å². The maximum atomic E-state index is 9.33. The number of benzene rings is 1. The Morgan fingerprint density at radius 2 is 1.77 bits per heavy atom. The second-order valence-corrected chi connectivity index (χ2v) is 5.75. The summed E-state index contributed by atoms with van der Waals surface area (Å²) < 4.78 is 0. The molecule has 0 saturated carbocycles. The highest BCUT2D eigenvalue weighted by Gasteiger charge is 2.12. The van der Waals surface area contributed by atoms with Crippen LogP contribution in [0.3, 0.4) is 0 Å². The summed E-state index contributed by atoms with van der Waals surface area (Å²) in [6.45, 7) is 3.88. The molecule has 0 radical (unpaired) electrons. The molecule has 1 aliphatic heterocycles. The first kappa shape index (κ1) is 15.0. The zero-order chi connectivity index (χ0) is 15.2. The van der Waals surface area contributed by atoms with Gasteiger partial charge in [-0.3, -0.25) is 0 Å². The Hall–Kier alpha value is -1.91. The fraction of sp³-hybridized carbons (Fsp3) is 0.389. The van der Waals surface area contributed by atoms with Gasteiger partial charge in [0.15, 0.2) is 0 Å². The van der Waals surface area contributed by atoms with Gasteiger partial charge in [0.2, 0.25) is 0 Å². The molecule has 0 spiro atoms. The largest absolute Gasteiger partial charge is 0.392 e. The molecule has 0 unspecified atom stereocenters. The predicted molar refractivity (Wildman–Crippen MR) is 88.6 cm³/mol. The number of hydrogen-bond donors (Lipinski definition) is 2. The number of pyridine rings is 1. The Morgan fingerprint density at radius 1 is 1.00 bits per heavy atom. The minimum atomic E-state index is 0.0872. The lowest BCUT2D eigenvalue weighted by Crippen LogP contribution is -2.19. The number of rotatable bonds is 6. The van der Waals surface area contributed by atoms with Gasteiger partial charge in [0.05, 0.1) is 6.61 Å². The molecule has 2 aromatic rings. The summed E-state index contributed by atoms with van der Waals surface area (Å²) in [5.74, 6) is 1.09. The summed E-state index contributed by atoms with van der Waals surface area (Å²) >= 11 is 0. The topological polar surface area (TPSA) is 48.4 Å². The molecule has 0 amide bonds. The predicted octanol–water partition coefficient (Wildman–Crippen LogP) is 2.46.